The van der Waals surface area contributed by atoms with Crippen molar-refractivity contribution < 1.29 is 0 Å². The molecule has 6 heteroatoms. The molecule has 20 heavy (non-hydrogen) atoms. The van der Waals surface area contributed by atoms with Crippen LogP contribution in [-0.4, -0.2) is 66.1 Å². The van der Waals surface area contributed by atoms with Gasteiger partial charge in [-0.1, -0.05) is 25.4 Å². The monoisotopic (exact) mass is 297 g/mol. The van der Waals surface area contributed by atoms with Crippen LogP contribution in [0.15, 0.2) is 6.07 Å². The van der Waals surface area contributed by atoms with Crippen LogP contribution in [0.3, 0.4) is 0 Å². The highest BCUT2D eigenvalue weighted by atomic mass is 35.5. The summed E-state index contributed by atoms with van der Waals surface area (Å²) in [6, 6.07) is 2.28. The zero-order chi connectivity index (χ0) is 14.7. The summed E-state index contributed by atoms with van der Waals surface area (Å²) < 4.78 is 0. The summed E-state index contributed by atoms with van der Waals surface area (Å²) in [5.41, 5.74) is 0. The van der Waals surface area contributed by atoms with Crippen molar-refractivity contribution in [3.8, 4) is 0 Å². The Balaban J connectivity index is 1.99. The SMILES string of the molecule is CC(C)c1nc(Cl)cc(NCC2CN(C)CCN2C)n1. The molecule has 0 aliphatic carbocycles. The third-order valence-corrected chi connectivity index (χ3v) is 3.92. The lowest BCUT2D eigenvalue weighted by molar-refractivity contribution is 0.122. The zero-order valence-corrected chi connectivity index (χ0v) is 13.5. The molecule has 0 amide bonds. The minimum absolute atomic E-state index is 0.276. The first-order valence-corrected chi connectivity index (χ1v) is 7.50. The molecule has 1 saturated heterocycles. The number of hydrogen-bond acceptors (Lipinski definition) is 5. The zero-order valence-electron chi connectivity index (χ0n) is 12.7. The van der Waals surface area contributed by atoms with E-state index in [4.69, 9.17) is 11.6 Å². The van der Waals surface area contributed by atoms with Crippen LogP contribution in [0, 0.1) is 0 Å². The van der Waals surface area contributed by atoms with Crippen molar-refractivity contribution in [1.29, 1.82) is 0 Å². The molecule has 1 atom stereocenters. The van der Waals surface area contributed by atoms with Gasteiger partial charge in [0.2, 0.25) is 0 Å². The van der Waals surface area contributed by atoms with Crippen LogP contribution in [0.4, 0.5) is 5.82 Å². The van der Waals surface area contributed by atoms with E-state index in [1.54, 1.807) is 6.07 Å². The molecule has 0 spiro atoms. The van der Waals surface area contributed by atoms with Crippen LogP contribution in [0.2, 0.25) is 5.15 Å². The van der Waals surface area contributed by atoms with E-state index in [0.29, 0.717) is 11.2 Å². The molecule has 1 aromatic rings. The minimum atomic E-state index is 0.276. The molecule has 1 aromatic heterocycles. The van der Waals surface area contributed by atoms with Gasteiger partial charge in [0, 0.05) is 44.2 Å². The van der Waals surface area contributed by atoms with Gasteiger partial charge in [-0.15, -0.1) is 0 Å². The lowest BCUT2D eigenvalue weighted by Crippen LogP contribution is -2.52. The smallest absolute Gasteiger partial charge is 0.135 e. The van der Waals surface area contributed by atoms with Crippen molar-refractivity contribution in [2.45, 2.75) is 25.8 Å². The number of aromatic nitrogens is 2. The normalized spacial score (nSPS) is 21.4. The Hall–Kier alpha value is -0.910. The second kappa shape index (κ2) is 6.70. The van der Waals surface area contributed by atoms with Crippen molar-refractivity contribution in [3.63, 3.8) is 0 Å². The third kappa shape index (κ3) is 4.04. The summed E-state index contributed by atoms with van der Waals surface area (Å²) in [6.07, 6.45) is 0. The molecule has 0 radical (unpaired) electrons. The molecule has 0 saturated carbocycles. The quantitative estimate of drug-likeness (QED) is 0.860. The van der Waals surface area contributed by atoms with Gasteiger partial charge in [0.1, 0.15) is 16.8 Å². The van der Waals surface area contributed by atoms with Gasteiger partial charge in [0.25, 0.3) is 0 Å². The van der Waals surface area contributed by atoms with Crippen LogP contribution in [0.5, 0.6) is 0 Å². The first-order valence-electron chi connectivity index (χ1n) is 7.13. The van der Waals surface area contributed by atoms with Gasteiger partial charge in [-0.3, -0.25) is 4.90 Å². The van der Waals surface area contributed by atoms with Crippen molar-refractivity contribution in [2.75, 3.05) is 45.6 Å². The van der Waals surface area contributed by atoms with E-state index in [1.807, 2.05) is 0 Å². The van der Waals surface area contributed by atoms with Crippen molar-refractivity contribution in [3.05, 3.63) is 17.0 Å². The summed E-state index contributed by atoms with van der Waals surface area (Å²) in [5.74, 6) is 1.88. The summed E-state index contributed by atoms with van der Waals surface area (Å²) in [6.45, 7) is 8.30. The highest BCUT2D eigenvalue weighted by Gasteiger charge is 2.22. The van der Waals surface area contributed by atoms with E-state index in [0.717, 1.165) is 37.8 Å². The Labute approximate surface area is 126 Å². The fourth-order valence-electron chi connectivity index (χ4n) is 2.33. The molecule has 1 aliphatic heterocycles. The van der Waals surface area contributed by atoms with E-state index in [-0.39, 0.29) is 5.92 Å². The number of likely N-dealkylation sites (N-methyl/N-ethyl adjacent to an activating group) is 2. The number of nitrogens with one attached hydrogen (secondary N) is 1. The van der Waals surface area contributed by atoms with Crippen LogP contribution in [-0.2, 0) is 0 Å². The Morgan fingerprint density at radius 1 is 1.35 bits per heavy atom. The van der Waals surface area contributed by atoms with Gasteiger partial charge in [0.05, 0.1) is 0 Å². The molecule has 5 nitrogen and oxygen atoms in total. The molecule has 1 unspecified atom stereocenters. The van der Waals surface area contributed by atoms with Gasteiger partial charge in [0.15, 0.2) is 0 Å². The maximum absolute atomic E-state index is 6.06. The number of rotatable bonds is 4. The predicted molar refractivity (Wildman–Crippen MR) is 83.5 cm³/mol. The molecule has 0 aromatic carbocycles. The maximum Gasteiger partial charge on any atom is 0.135 e. The molecule has 0 bridgehead atoms. The second-order valence-electron chi connectivity index (χ2n) is 5.87. The average molecular weight is 298 g/mol. The molecule has 1 N–H and O–H groups in total. The molecule has 2 heterocycles. The summed E-state index contributed by atoms with van der Waals surface area (Å²) in [5, 5.41) is 3.90. The van der Waals surface area contributed by atoms with Gasteiger partial charge in [-0.25, -0.2) is 9.97 Å². The fraction of sp³-hybridized carbons (Fsp3) is 0.714. The fourth-order valence-corrected chi connectivity index (χ4v) is 2.52. The van der Waals surface area contributed by atoms with Crippen molar-refractivity contribution >= 4 is 17.4 Å². The lowest BCUT2D eigenvalue weighted by atomic mass is 10.2. The second-order valence-corrected chi connectivity index (χ2v) is 6.25. The Bertz CT molecular complexity index is 451. The third-order valence-electron chi connectivity index (χ3n) is 3.73. The Morgan fingerprint density at radius 2 is 2.10 bits per heavy atom. The van der Waals surface area contributed by atoms with E-state index in [2.05, 4.69) is 53.0 Å². The van der Waals surface area contributed by atoms with Gasteiger partial charge < -0.3 is 10.2 Å². The Kier molecular flexibility index (Phi) is 5.18. The first kappa shape index (κ1) is 15.5. The van der Waals surface area contributed by atoms with Crippen molar-refractivity contribution in [1.82, 2.24) is 19.8 Å². The van der Waals surface area contributed by atoms with E-state index in [9.17, 15) is 0 Å². The summed E-state index contributed by atoms with van der Waals surface area (Å²) >= 11 is 6.06. The molecule has 1 aliphatic rings. The van der Waals surface area contributed by atoms with Crippen LogP contribution in [0.1, 0.15) is 25.6 Å². The predicted octanol–water partition coefficient (Wildman–Crippen LogP) is 1.91. The largest absolute Gasteiger partial charge is 0.368 e. The standard InChI is InChI=1S/C14H24ClN5/c1-10(2)14-17-12(15)7-13(18-14)16-8-11-9-19(3)5-6-20(11)4/h7,10-11H,5-6,8-9H2,1-4H3,(H,16,17,18). The average Bonchev–Trinajstić information content (AvgIpc) is 2.39. The molecular weight excluding hydrogens is 274 g/mol. The van der Waals surface area contributed by atoms with Gasteiger partial charge >= 0.3 is 0 Å². The van der Waals surface area contributed by atoms with E-state index < -0.39 is 0 Å². The summed E-state index contributed by atoms with van der Waals surface area (Å²) in [4.78, 5) is 13.5. The van der Waals surface area contributed by atoms with Gasteiger partial charge in [-0.05, 0) is 14.1 Å². The molecule has 1 fully saturated rings. The summed E-state index contributed by atoms with van der Waals surface area (Å²) in [7, 11) is 4.34. The Morgan fingerprint density at radius 3 is 2.80 bits per heavy atom. The van der Waals surface area contributed by atoms with Crippen LogP contribution < -0.4 is 5.32 Å². The first-order chi connectivity index (χ1) is 9.45. The topological polar surface area (TPSA) is 44.3 Å². The highest BCUT2D eigenvalue weighted by molar-refractivity contribution is 6.29. The highest BCUT2D eigenvalue weighted by Crippen LogP contribution is 2.17. The molecule has 112 valence electrons. The minimum Gasteiger partial charge on any atom is -0.368 e. The number of hydrogen-bond donors (Lipinski definition) is 1. The van der Waals surface area contributed by atoms with Crippen LogP contribution >= 0.6 is 11.6 Å². The lowest BCUT2D eigenvalue weighted by Gasteiger charge is -2.37. The molecular formula is C14H24ClN5. The van der Waals surface area contributed by atoms with Crippen molar-refractivity contribution in [2.24, 2.45) is 0 Å². The van der Waals surface area contributed by atoms with Crippen LogP contribution in [0.25, 0.3) is 0 Å². The van der Waals surface area contributed by atoms with E-state index >= 15 is 0 Å². The molecule has 2 rings (SSSR count). The van der Waals surface area contributed by atoms with Gasteiger partial charge in [-0.2, -0.15) is 0 Å². The number of piperazine rings is 1. The van der Waals surface area contributed by atoms with E-state index in [1.165, 1.54) is 0 Å². The number of halogens is 1. The number of anilines is 1. The maximum atomic E-state index is 6.06. The number of nitrogens with zero attached hydrogens (tertiary/aromatic N) is 4.